The molecule has 0 aliphatic carbocycles. The lowest BCUT2D eigenvalue weighted by atomic mass is 9.82. The normalized spacial score (nSPS) is 14.1. The molecular weight excluding hydrogens is 306 g/mol. The Bertz CT molecular complexity index is 422. The summed E-state index contributed by atoms with van der Waals surface area (Å²) in [7, 11) is 0. The van der Waals surface area contributed by atoms with Crippen molar-refractivity contribution in [2.24, 2.45) is 5.41 Å². The summed E-state index contributed by atoms with van der Waals surface area (Å²) in [6.45, 7) is 3.78. The molecule has 1 heterocycles. The van der Waals surface area contributed by atoms with E-state index in [0.717, 1.165) is 42.4 Å². The Kier molecular flexibility index (Phi) is 6.49. The molecule has 106 valence electrons. The van der Waals surface area contributed by atoms with Crippen LogP contribution in [-0.4, -0.2) is 16.1 Å². The van der Waals surface area contributed by atoms with E-state index in [1.165, 1.54) is 0 Å². The minimum atomic E-state index is -0.677. The Morgan fingerprint density at radius 1 is 1.37 bits per heavy atom. The molecule has 3 nitrogen and oxygen atoms in total. The van der Waals surface area contributed by atoms with E-state index in [1.54, 1.807) is 0 Å². The van der Waals surface area contributed by atoms with Gasteiger partial charge in [0.2, 0.25) is 0 Å². The molecule has 0 fully saturated rings. The number of unbranched alkanes of at least 4 members (excludes halogenated alkanes) is 2. The van der Waals surface area contributed by atoms with Crippen molar-refractivity contribution in [2.75, 3.05) is 0 Å². The standard InChI is InChI=1S/C15H22BrNO2/c1-3-15(2,14(18)19)11-6-4-5-8-12-9-7-10-13(16)17-12/h7,9-10H,3-6,8,11H2,1-2H3,(H,18,19). The first-order valence-corrected chi connectivity index (χ1v) is 7.62. The first kappa shape index (κ1) is 16.2. The van der Waals surface area contributed by atoms with E-state index in [-0.39, 0.29) is 0 Å². The van der Waals surface area contributed by atoms with Crippen LogP contribution in [0.5, 0.6) is 0 Å². The summed E-state index contributed by atoms with van der Waals surface area (Å²) in [5, 5.41) is 9.18. The van der Waals surface area contributed by atoms with Crippen molar-refractivity contribution < 1.29 is 9.90 Å². The quantitative estimate of drug-likeness (QED) is 0.567. The van der Waals surface area contributed by atoms with Gasteiger partial charge in [-0.1, -0.05) is 25.8 Å². The van der Waals surface area contributed by atoms with Crippen molar-refractivity contribution in [3.8, 4) is 0 Å². The Balaban J connectivity index is 2.26. The molecule has 1 rings (SSSR count). The molecule has 0 amide bonds. The Hall–Kier alpha value is -0.900. The second-order valence-corrected chi connectivity index (χ2v) is 6.04. The molecule has 1 unspecified atom stereocenters. The Morgan fingerprint density at radius 3 is 2.68 bits per heavy atom. The molecule has 1 atom stereocenters. The van der Waals surface area contributed by atoms with E-state index in [4.69, 9.17) is 0 Å². The van der Waals surface area contributed by atoms with Gasteiger partial charge in [-0.15, -0.1) is 0 Å². The molecule has 1 N–H and O–H groups in total. The number of aliphatic carboxylic acids is 1. The van der Waals surface area contributed by atoms with Crippen molar-refractivity contribution in [3.05, 3.63) is 28.5 Å². The summed E-state index contributed by atoms with van der Waals surface area (Å²) >= 11 is 3.36. The molecule has 0 saturated heterocycles. The van der Waals surface area contributed by atoms with Crippen LogP contribution in [0.25, 0.3) is 0 Å². The number of aryl methyl sites for hydroxylation is 1. The fourth-order valence-electron chi connectivity index (χ4n) is 2.02. The summed E-state index contributed by atoms with van der Waals surface area (Å²) in [6, 6.07) is 5.94. The van der Waals surface area contributed by atoms with E-state index in [2.05, 4.69) is 20.9 Å². The second-order valence-electron chi connectivity index (χ2n) is 5.23. The van der Waals surface area contributed by atoms with E-state index >= 15 is 0 Å². The Labute approximate surface area is 123 Å². The average Bonchev–Trinajstić information content (AvgIpc) is 2.38. The van der Waals surface area contributed by atoms with Crippen LogP contribution in [0, 0.1) is 5.41 Å². The van der Waals surface area contributed by atoms with Crippen molar-refractivity contribution >= 4 is 21.9 Å². The maximum absolute atomic E-state index is 11.2. The third-order valence-electron chi connectivity index (χ3n) is 3.73. The smallest absolute Gasteiger partial charge is 0.309 e. The number of nitrogens with zero attached hydrogens (tertiary/aromatic N) is 1. The number of hydrogen-bond acceptors (Lipinski definition) is 2. The topological polar surface area (TPSA) is 50.2 Å². The predicted octanol–water partition coefficient (Wildman–Crippen LogP) is 4.45. The highest BCUT2D eigenvalue weighted by atomic mass is 79.9. The van der Waals surface area contributed by atoms with Crippen LogP contribution in [-0.2, 0) is 11.2 Å². The summed E-state index contributed by atoms with van der Waals surface area (Å²) in [5.74, 6) is -0.677. The molecule has 1 aromatic heterocycles. The van der Waals surface area contributed by atoms with Gasteiger partial charge in [0.1, 0.15) is 4.60 Å². The number of aromatic nitrogens is 1. The molecule has 19 heavy (non-hydrogen) atoms. The van der Waals surface area contributed by atoms with Crippen LogP contribution in [0.4, 0.5) is 0 Å². The summed E-state index contributed by atoms with van der Waals surface area (Å²) in [6.07, 6.45) is 5.47. The van der Waals surface area contributed by atoms with Gasteiger partial charge in [0, 0.05) is 5.69 Å². The van der Waals surface area contributed by atoms with Crippen molar-refractivity contribution in [1.29, 1.82) is 0 Å². The van der Waals surface area contributed by atoms with Crippen LogP contribution in [0.15, 0.2) is 22.8 Å². The highest BCUT2D eigenvalue weighted by Crippen LogP contribution is 2.28. The SMILES string of the molecule is CCC(C)(CCCCCc1cccc(Br)n1)C(=O)O. The van der Waals surface area contributed by atoms with Gasteiger partial charge in [-0.05, 0) is 60.7 Å². The van der Waals surface area contributed by atoms with Crippen LogP contribution in [0.2, 0.25) is 0 Å². The number of carbonyl (C=O) groups is 1. The van der Waals surface area contributed by atoms with Crippen LogP contribution in [0.1, 0.15) is 51.6 Å². The molecule has 0 aromatic carbocycles. The zero-order valence-electron chi connectivity index (χ0n) is 11.7. The molecular formula is C15H22BrNO2. The van der Waals surface area contributed by atoms with E-state index < -0.39 is 11.4 Å². The van der Waals surface area contributed by atoms with E-state index in [0.29, 0.717) is 6.42 Å². The predicted molar refractivity (Wildman–Crippen MR) is 80.1 cm³/mol. The van der Waals surface area contributed by atoms with Gasteiger partial charge in [0.25, 0.3) is 0 Å². The fourth-order valence-corrected chi connectivity index (χ4v) is 2.40. The third kappa shape index (κ3) is 5.31. The molecule has 0 bridgehead atoms. The number of carboxylic acid groups (broad SMARTS) is 1. The number of carboxylic acids is 1. The molecule has 0 aliphatic rings. The second kappa shape index (κ2) is 7.63. The van der Waals surface area contributed by atoms with Crippen molar-refractivity contribution in [1.82, 2.24) is 4.98 Å². The fraction of sp³-hybridized carbons (Fsp3) is 0.600. The highest BCUT2D eigenvalue weighted by molar-refractivity contribution is 9.10. The number of pyridine rings is 1. The van der Waals surface area contributed by atoms with Crippen molar-refractivity contribution in [3.63, 3.8) is 0 Å². The van der Waals surface area contributed by atoms with Crippen molar-refractivity contribution in [2.45, 2.75) is 52.4 Å². The lowest BCUT2D eigenvalue weighted by Gasteiger charge is -2.22. The molecule has 1 aromatic rings. The van der Waals surface area contributed by atoms with Crippen LogP contribution >= 0.6 is 15.9 Å². The van der Waals surface area contributed by atoms with E-state index in [9.17, 15) is 9.90 Å². The molecule has 0 spiro atoms. The lowest BCUT2D eigenvalue weighted by molar-refractivity contribution is -0.148. The van der Waals surface area contributed by atoms with Gasteiger partial charge in [-0.2, -0.15) is 0 Å². The van der Waals surface area contributed by atoms with Gasteiger partial charge in [0.05, 0.1) is 5.41 Å². The molecule has 0 saturated carbocycles. The lowest BCUT2D eigenvalue weighted by Crippen LogP contribution is -2.26. The van der Waals surface area contributed by atoms with Crippen LogP contribution in [0.3, 0.4) is 0 Å². The average molecular weight is 328 g/mol. The third-order valence-corrected chi connectivity index (χ3v) is 4.17. The number of hydrogen-bond donors (Lipinski definition) is 1. The molecule has 4 heteroatoms. The number of halogens is 1. The van der Waals surface area contributed by atoms with Gasteiger partial charge < -0.3 is 5.11 Å². The summed E-state index contributed by atoms with van der Waals surface area (Å²) in [5.41, 5.74) is 0.527. The van der Waals surface area contributed by atoms with Gasteiger partial charge >= 0.3 is 5.97 Å². The molecule has 0 aliphatic heterocycles. The van der Waals surface area contributed by atoms with E-state index in [1.807, 2.05) is 32.0 Å². The minimum absolute atomic E-state index is 0.561. The zero-order chi connectivity index (χ0) is 14.3. The highest BCUT2D eigenvalue weighted by Gasteiger charge is 2.29. The monoisotopic (exact) mass is 327 g/mol. The first-order chi connectivity index (χ1) is 8.98. The maximum Gasteiger partial charge on any atom is 0.309 e. The zero-order valence-corrected chi connectivity index (χ0v) is 13.2. The summed E-state index contributed by atoms with van der Waals surface area (Å²) in [4.78, 5) is 15.5. The largest absolute Gasteiger partial charge is 0.481 e. The minimum Gasteiger partial charge on any atom is -0.481 e. The van der Waals surface area contributed by atoms with Gasteiger partial charge in [-0.3, -0.25) is 4.79 Å². The van der Waals surface area contributed by atoms with Crippen LogP contribution < -0.4 is 0 Å². The van der Waals surface area contributed by atoms with Gasteiger partial charge in [-0.25, -0.2) is 4.98 Å². The van der Waals surface area contributed by atoms with Gasteiger partial charge in [0.15, 0.2) is 0 Å². The number of rotatable bonds is 8. The maximum atomic E-state index is 11.2. The molecule has 0 radical (unpaired) electrons. The Morgan fingerprint density at radius 2 is 2.11 bits per heavy atom. The summed E-state index contributed by atoms with van der Waals surface area (Å²) < 4.78 is 0.870. The first-order valence-electron chi connectivity index (χ1n) is 6.83.